The predicted molar refractivity (Wildman–Crippen MR) is 117 cm³/mol. The molecule has 0 spiro atoms. The van der Waals surface area contributed by atoms with Crippen LogP contribution in [0, 0.1) is 6.92 Å². The zero-order valence-corrected chi connectivity index (χ0v) is 18.2. The van der Waals surface area contributed by atoms with Crippen LogP contribution in [0.25, 0.3) is 0 Å². The van der Waals surface area contributed by atoms with Gasteiger partial charge in [-0.05, 0) is 50.8 Å². The van der Waals surface area contributed by atoms with Crippen LogP contribution in [0.1, 0.15) is 36.0 Å². The molecule has 154 valence electrons. The van der Waals surface area contributed by atoms with Crippen molar-refractivity contribution >= 4 is 17.3 Å². The number of aryl methyl sites for hydroxylation is 3. The summed E-state index contributed by atoms with van der Waals surface area (Å²) in [5, 5.41) is 10.0. The summed E-state index contributed by atoms with van der Waals surface area (Å²) in [6.45, 7) is 6.39. The van der Waals surface area contributed by atoms with Crippen LogP contribution >= 0.6 is 11.3 Å². The highest BCUT2D eigenvalue weighted by Gasteiger charge is 2.05. The Bertz CT molecular complexity index is 746. The number of hydrogen-bond donors (Lipinski definition) is 2. The second-order valence-corrected chi connectivity index (χ2v) is 7.38. The fourth-order valence-electron chi connectivity index (χ4n) is 2.83. The number of nitrogens with zero attached hydrogens (tertiary/aromatic N) is 2. The van der Waals surface area contributed by atoms with Gasteiger partial charge in [0.15, 0.2) is 17.5 Å². The number of aromatic nitrogens is 1. The Morgan fingerprint density at radius 1 is 1.14 bits per heavy atom. The Balaban J connectivity index is 1.66. The molecule has 0 aliphatic rings. The highest BCUT2D eigenvalue weighted by atomic mass is 32.1. The quantitative estimate of drug-likeness (QED) is 0.340. The van der Waals surface area contributed by atoms with Crippen molar-refractivity contribution in [3.8, 4) is 11.5 Å². The minimum atomic E-state index is 0.630. The molecule has 0 saturated carbocycles. The number of rotatable bonds is 11. The SMILES string of the molecule is CCOc1cc(CCCNC(=NC)NCCCc2nc(C)cs2)ccc1OC. The first kappa shape index (κ1) is 22.0. The van der Waals surface area contributed by atoms with Crippen LogP contribution in [-0.4, -0.2) is 44.8 Å². The van der Waals surface area contributed by atoms with Gasteiger partial charge in [-0.15, -0.1) is 11.3 Å². The Kier molecular flexibility index (Phi) is 9.62. The summed E-state index contributed by atoms with van der Waals surface area (Å²) in [6.07, 6.45) is 4.02. The lowest BCUT2D eigenvalue weighted by Crippen LogP contribution is -2.38. The van der Waals surface area contributed by atoms with Crippen LogP contribution in [0.3, 0.4) is 0 Å². The molecule has 7 heteroatoms. The molecule has 0 radical (unpaired) electrons. The van der Waals surface area contributed by atoms with E-state index in [0.717, 1.165) is 61.9 Å². The fourth-order valence-corrected chi connectivity index (χ4v) is 3.65. The molecule has 0 aliphatic carbocycles. The molecule has 1 aromatic carbocycles. The molecule has 2 aromatic rings. The minimum absolute atomic E-state index is 0.630. The Morgan fingerprint density at radius 2 is 1.89 bits per heavy atom. The molecule has 1 heterocycles. The summed E-state index contributed by atoms with van der Waals surface area (Å²) in [6, 6.07) is 6.13. The van der Waals surface area contributed by atoms with Crippen molar-refractivity contribution in [1.82, 2.24) is 15.6 Å². The normalized spacial score (nSPS) is 11.4. The van der Waals surface area contributed by atoms with Crippen molar-refractivity contribution < 1.29 is 9.47 Å². The Labute approximate surface area is 172 Å². The number of methoxy groups -OCH3 is 1. The maximum Gasteiger partial charge on any atom is 0.190 e. The third-order valence-electron chi connectivity index (χ3n) is 4.21. The van der Waals surface area contributed by atoms with Gasteiger partial charge in [0.25, 0.3) is 0 Å². The first-order chi connectivity index (χ1) is 13.7. The standard InChI is InChI=1S/C21H32N4O2S/c1-5-27-19-14-17(10-11-18(19)26-4)8-6-12-23-21(22-3)24-13-7-9-20-25-16(2)15-28-20/h10-11,14-15H,5-9,12-13H2,1-4H3,(H2,22,23,24). The van der Waals surface area contributed by atoms with Gasteiger partial charge in [-0.2, -0.15) is 0 Å². The zero-order chi connectivity index (χ0) is 20.2. The third kappa shape index (κ3) is 7.38. The molecular weight excluding hydrogens is 372 g/mol. The summed E-state index contributed by atoms with van der Waals surface area (Å²) in [5.74, 6) is 2.43. The summed E-state index contributed by atoms with van der Waals surface area (Å²) in [7, 11) is 3.47. The summed E-state index contributed by atoms with van der Waals surface area (Å²) >= 11 is 1.73. The van der Waals surface area contributed by atoms with Gasteiger partial charge in [-0.3, -0.25) is 4.99 Å². The van der Waals surface area contributed by atoms with Crippen molar-refractivity contribution in [2.45, 2.75) is 39.5 Å². The molecule has 6 nitrogen and oxygen atoms in total. The maximum atomic E-state index is 5.65. The number of guanidine groups is 1. The molecule has 0 saturated heterocycles. The average Bonchev–Trinajstić information content (AvgIpc) is 3.12. The molecule has 2 N–H and O–H groups in total. The second-order valence-electron chi connectivity index (χ2n) is 6.43. The summed E-state index contributed by atoms with van der Waals surface area (Å²) in [4.78, 5) is 8.78. The number of aliphatic imine (C=N–C) groups is 1. The van der Waals surface area contributed by atoms with Gasteiger partial charge >= 0.3 is 0 Å². The lowest BCUT2D eigenvalue weighted by atomic mass is 10.1. The van der Waals surface area contributed by atoms with Gasteiger partial charge in [-0.1, -0.05) is 6.07 Å². The molecule has 28 heavy (non-hydrogen) atoms. The first-order valence-corrected chi connectivity index (χ1v) is 10.7. The Hall–Kier alpha value is -2.28. The van der Waals surface area contributed by atoms with E-state index in [1.54, 1.807) is 25.5 Å². The van der Waals surface area contributed by atoms with Gasteiger partial charge in [0, 0.05) is 37.6 Å². The number of benzene rings is 1. The number of nitrogens with one attached hydrogen (secondary N) is 2. The van der Waals surface area contributed by atoms with Gasteiger partial charge in [0.1, 0.15) is 0 Å². The van der Waals surface area contributed by atoms with Gasteiger partial charge in [0.2, 0.25) is 0 Å². The van der Waals surface area contributed by atoms with Crippen molar-refractivity contribution in [2.75, 3.05) is 33.9 Å². The van der Waals surface area contributed by atoms with E-state index in [0.29, 0.717) is 6.61 Å². The van der Waals surface area contributed by atoms with E-state index >= 15 is 0 Å². The highest BCUT2D eigenvalue weighted by molar-refractivity contribution is 7.09. The first-order valence-electron chi connectivity index (χ1n) is 9.81. The van der Waals surface area contributed by atoms with Crippen molar-refractivity contribution in [2.24, 2.45) is 4.99 Å². The molecule has 1 aromatic heterocycles. The smallest absolute Gasteiger partial charge is 0.190 e. The van der Waals surface area contributed by atoms with Crippen LogP contribution < -0.4 is 20.1 Å². The van der Waals surface area contributed by atoms with Crippen molar-refractivity contribution in [1.29, 1.82) is 0 Å². The fraction of sp³-hybridized carbons (Fsp3) is 0.524. The monoisotopic (exact) mass is 404 g/mol. The van der Waals surface area contributed by atoms with Gasteiger partial charge in [0.05, 0.1) is 18.7 Å². The molecule has 0 fully saturated rings. The number of ether oxygens (including phenoxy) is 2. The second kappa shape index (κ2) is 12.2. The van der Waals surface area contributed by atoms with Crippen LogP contribution in [-0.2, 0) is 12.8 Å². The van der Waals surface area contributed by atoms with E-state index in [2.05, 4.69) is 38.1 Å². The largest absolute Gasteiger partial charge is 0.493 e. The molecular formula is C21H32N4O2S. The lowest BCUT2D eigenvalue weighted by Gasteiger charge is -2.13. The van der Waals surface area contributed by atoms with E-state index in [4.69, 9.17) is 9.47 Å². The summed E-state index contributed by atoms with van der Waals surface area (Å²) < 4.78 is 11.0. The average molecular weight is 405 g/mol. The van der Waals surface area contributed by atoms with E-state index in [-0.39, 0.29) is 0 Å². The van der Waals surface area contributed by atoms with Crippen LogP contribution in [0.4, 0.5) is 0 Å². The third-order valence-corrected chi connectivity index (χ3v) is 5.24. The van der Waals surface area contributed by atoms with Crippen molar-refractivity contribution in [3.63, 3.8) is 0 Å². The molecule has 0 amide bonds. The zero-order valence-electron chi connectivity index (χ0n) is 17.4. The van der Waals surface area contributed by atoms with Crippen LogP contribution in [0.2, 0.25) is 0 Å². The van der Waals surface area contributed by atoms with Gasteiger partial charge in [-0.25, -0.2) is 4.98 Å². The van der Waals surface area contributed by atoms with E-state index in [9.17, 15) is 0 Å². The van der Waals surface area contributed by atoms with E-state index in [1.807, 2.05) is 19.9 Å². The minimum Gasteiger partial charge on any atom is -0.493 e. The number of thiazole rings is 1. The maximum absolute atomic E-state index is 5.65. The topological polar surface area (TPSA) is 67.8 Å². The highest BCUT2D eigenvalue weighted by Crippen LogP contribution is 2.28. The number of hydrogen-bond acceptors (Lipinski definition) is 5. The molecule has 2 rings (SSSR count). The molecule has 0 atom stereocenters. The van der Waals surface area contributed by atoms with E-state index < -0.39 is 0 Å². The summed E-state index contributed by atoms with van der Waals surface area (Å²) in [5.41, 5.74) is 2.35. The predicted octanol–water partition coefficient (Wildman–Crippen LogP) is 3.59. The molecule has 0 bridgehead atoms. The van der Waals surface area contributed by atoms with Crippen LogP contribution in [0.5, 0.6) is 11.5 Å². The van der Waals surface area contributed by atoms with E-state index in [1.165, 1.54) is 10.6 Å². The van der Waals surface area contributed by atoms with Crippen molar-refractivity contribution in [3.05, 3.63) is 39.8 Å². The Morgan fingerprint density at radius 3 is 2.50 bits per heavy atom. The molecule has 0 unspecified atom stereocenters. The van der Waals surface area contributed by atoms with Gasteiger partial charge < -0.3 is 20.1 Å². The molecule has 0 aliphatic heterocycles. The van der Waals surface area contributed by atoms with Crippen LogP contribution in [0.15, 0.2) is 28.6 Å². The lowest BCUT2D eigenvalue weighted by molar-refractivity contribution is 0.310.